The molecule has 1 aromatic carbocycles. The Morgan fingerprint density at radius 2 is 1.41 bits per heavy atom. The fraction of sp³-hybridized carbons (Fsp3) is 0.700. The highest BCUT2D eigenvalue weighted by molar-refractivity contribution is 5.33. The molecule has 0 atom stereocenters. The topological polar surface area (TPSA) is 29.5 Å². The van der Waals surface area contributed by atoms with E-state index in [0.717, 1.165) is 12.2 Å². The Kier molecular flexibility index (Phi) is 11.8. The Balaban J connectivity index is 2.05. The number of aliphatic hydroxyl groups is 1. The molecular formula is C20H34O2. The second kappa shape index (κ2) is 13.6. The summed E-state index contributed by atoms with van der Waals surface area (Å²) in [5.74, 6) is 0.937. The summed E-state index contributed by atoms with van der Waals surface area (Å²) in [6.07, 6.45) is 14.8. The lowest BCUT2D eigenvalue weighted by molar-refractivity contribution is 0.200. The van der Waals surface area contributed by atoms with Crippen molar-refractivity contribution in [1.82, 2.24) is 0 Å². The van der Waals surface area contributed by atoms with Gasteiger partial charge in [0, 0.05) is 0 Å². The van der Waals surface area contributed by atoms with E-state index in [1.54, 1.807) is 0 Å². The zero-order chi connectivity index (χ0) is 15.9. The van der Waals surface area contributed by atoms with Crippen LogP contribution in [0.1, 0.15) is 76.7 Å². The van der Waals surface area contributed by atoms with Crippen LogP contribution < -0.4 is 4.74 Å². The van der Waals surface area contributed by atoms with Gasteiger partial charge in [-0.25, -0.2) is 0 Å². The number of rotatable bonds is 14. The SMILES string of the molecule is CCCCCCCCCCCCc1ccccc1OCCO. The molecule has 0 radical (unpaired) electrons. The molecular weight excluding hydrogens is 272 g/mol. The summed E-state index contributed by atoms with van der Waals surface area (Å²) in [7, 11) is 0. The van der Waals surface area contributed by atoms with Crippen molar-refractivity contribution < 1.29 is 9.84 Å². The van der Waals surface area contributed by atoms with E-state index in [9.17, 15) is 0 Å². The summed E-state index contributed by atoms with van der Waals surface area (Å²) in [6.45, 7) is 2.73. The van der Waals surface area contributed by atoms with Gasteiger partial charge < -0.3 is 9.84 Å². The molecule has 1 rings (SSSR count). The van der Waals surface area contributed by atoms with Gasteiger partial charge in [0.15, 0.2) is 0 Å². The van der Waals surface area contributed by atoms with Crippen LogP contribution in [0.3, 0.4) is 0 Å². The number of unbranched alkanes of at least 4 members (excludes halogenated alkanes) is 9. The first-order valence-electron chi connectivity index (χ1n) is 9.20. The van der Waals surface area contributed by atoms with Gasteiger partial charge in [0.25, 0.3) is 0 Å². The molecule has 0 heterocycles. The molecule has 0 aromatic heterocycles. The average molecular weight is 306 g/mol. The number of aryl methyl sites for hydroxylation is 1. The minimum absolute atomic E-state index is 0.0760. The van der Waals surface area contributed by atoms with E-state index >= 15 is 0 Å². The zero-order valence-electron chi connectivity index (χ0n) is 14.4. The molecule has 0 saturated carbocycles. The molecule has 0 fully saturated rings. The first-order chi connectivity index (χ1) is 10.9. The summed E-state index contributed by atoms with van der Waals surface area (Å²) in [4.78, 5) is 0. The maximum absolute atomic E-state index is 8.86. The molecule has 0 aliphatic carbocycles. The molecule has 2 heteroatoms. The molecule has 0 aliphatic rings. The van der Waals surface area contributed by atoms with E-state index in [0.29, 0.717) is 6.61 Å². The van der Waals surface area contributed by atoms with Crippen LogP contribution in [0.4, 0.5) is 0 Å². The third-order valence-corrected chi connectivity index (χ3v) is 4.12. The van der Waals surface area contributed by atoms with Crippen molar-refractivity contribution in [3.8, 4) is 5.75 Å². The van der Waals surface area contributed by atoms with Crippen molar-refractivity contribution in [3.05, 3.63) is 29.8 Å². The highest BCUT2D eigenvalue weighted by Crippen LogP contribution is 2.21. The molecule has 0 unspecified atom stereocenters. The van der Waals surface area contributed by atoms with Crippen molar-refractivity contribution in [2.75, 3.05) is 13.2 Å². The van der Waals surface area contributed by atoms with Crippen LogP contribution in [0.15, 0.2) is 24.3 Å². The van der Waals surface area contributed by atoms with Crippen LogP contribution in [0.5, 0.6) is 5.75 Å². The average Bonchev–Trinajstić information content (AvgIpc) is 2.55. The number of benzene rings is 1. The molecule has 2 nitrogen and oxygen atoms in total. The number of hydrogen-bond donors (Lipinski definition) is 1. The molecule has 0 spiro atoms. The standard InChI is InChI=1S/C20H34O2/c1-2-3-4-5-6-7-8-9-10-11-14-19-15-12-13-16-20(19)22-18-17-21/h12-13,15-16,21H,2-11,14,17-18H2,1H3. The third kappa shape index (κ3) is 9.09. The van der Waals surface area contributed by atoms with E-state index in [1.165, 1.54) is 69.8 Å². The number of aliphatic hydroxyl groups excluding tert-OH is 1. The van der Waals surface area contributed by atoms with E-state index < -0.39 is 0 Å². The normalized spacial score (nSPS) is 10.8. The van der Waals surface area contributed by atoms with Crippen molar-refractivity contribution in [3.63, 3.8) is 0 Å². The lowest BCUT2D eigenvalue weighted by atomic mass is 10.0. The fourth-order valence-corrected chi connectivity index (χ4v) is 2.81. The van der Waals surface area contributed by atoms with Crippen LogP contribution in [0.25, 0.3) is 0 Å². The quantitative estimate of drug-likeness (QED) is 0.458. The summed E-state index contributed by atoms with van der Waals surface area (Å²) in [5.41, 5.74) is 1.27. The van der Waals surface area contributed by atoms with E-state index in [-0.39, 0.29) is 6.61 Å². The summed E-state index contributed by atoms with van der Waals surface area (Å²) < 4.78 is 5.58. The van der Waals surface area contributed by atoms with Crippen LogP contribution in [-0.2, 0) is 6.42 Å². The van der Waals surface area contributed by atoms with Crippen LogP contribution >= 0.6 is 0 Å². The number of ether oxygens (including phenoxy) is 1. The van der Waals surface area contributed by atoms with Crippen molar-refractivity contribution in [2.24, 2.45) is 0 Å². The zero-order valence-corrected chi connectivity index (χ0v) is 14.4. The Bertz CT molecular complexity index is 362. The minimum atomic E-state index is 0.0760. The molecule has 126 valence electrons. The minimum Gasteiger partial charge on any atom is -0.491 e. The van der Waals surface area contributed by atoms with Gasteiger partial charge in [0.1, 0.15) is 12.4 Å². The first kappa shape index (κ1) is 19.0. The monoisotopic (exact) mass is 306 g/mol. The van der Waals surface area contributed by atoms with Crippen molar-refractivity contribution >= 4 is 0 Å². The molecule has 0 saturated heterocycles. The van der Waals surface area contributed by atoms with E-state index in [2.05, 4.69) is 19.1 Å². The predicted octanol–water partition coefficient (Wildman–Crippen LogP) is 5.52. The van der Waals surface area contributed by atoms with Crippen molar-refractivity contribution in [2.45, 2.75) is 77.6 Å². The van der Waals surface area contributed by atoms with Gasteiger partial charge in [0.2, 0.25) is 0 Å². The largest absolute Gasteiger partial charge is 0.491 e. The molecule has 0 amide bonds. The molecule has 1 aromatic rings. The second-order valence-electron chi connectivity index (χ2n) is 6.11. The van der Waals surface area contributed by atoms with Gasteiger partial charge in [0.05, 0.1) is 6.61 Å². The van der Waals surface area contributed by atoms with Gasteiger partial charge in [-0.1, -0.05) is 82.9 Å². The van der Waals surface area contributed by atoms with Crippen molar-refractivity contribution in [1.29, 1.82) is 0 Å². The third-order valence-electron chi connectivity index (χ3n) is 4.12. The summed E-state index contributed by atoms with van der Waals surface area (Å²) in [5, 5.41) is 8.86. The Labute approximate surface area is 136 Å². The molecule has 22 heavy (non-hydrogen) atoms. The van der Waals surface area contributed by atoms with Gasteiger partial charge in [-0.15, -0.1) is 0 Å². The van der Waals surface area contributed by atoms with Gasteiger partial charge in [-0.3, -0.25) is 0 Å². The molecule has 0 aliphatic heterocycles. The lowest BCUT2D eigenvalue weighted by Gasteiger charge is -2.10. The van der Waals surface area contributed by atoms with Gasteiger partial charge in [-0.2, -0.15) is 0 Å². The van der Waals surface area contributed by atoms with Crippen LogP contribution in [0.2, 0.25) is 0 Å². The maximum atomic E-state index is 8.86. The van der Waals surface area contributed by atoms with Crippen LogP contribution in [0, 0.1) is 0 Å². The summed E-state index contributed by atoms with van der Waals surface area (Å²) in [6, 6.07) is 8.20. The lowest BCUT2D eigenvalue weighted by Crippen LogP contribution is -2.03. The molecule has 0 bridgehead atoms. The number of hydrogen-bond acceptors (Lipinski definition) is 2. The van der Waals surface area contributed by atoms with Gasteiger partial charge >= 0.3 is 0 Å². The molecule has 1 N–H and O–H groups in total. The highest BCUT2D eigenvalue weighted by Gasteiger charge is 2.02. The van der Waals surface area contributed by atoms with E-state index in [4.69, 9.17) is 9.84 Å². The fourth-order valence-electron chi connectivity index (χ4n) is 2.81. The Morgan fingerprint density at radius 1 is 0.818 bits per heavy atom. The van der Waals surface area contributed by atoms with Gasteiger partial charge in [-0.05, 0) is 24.5 Å². The smallest absolute Gasteiger partial charge is 0.122 e. The number of para-hydroxylation sites is 1. The Hall–Kier alpha value is -1.02. The van der Waals surface area contributed by atoms with Crippen LogP contribution in [-0.4, -0.2) is 18.3 Å². The second-order valence-corrected chi connectivity index (χ2v) is 6.11. The summed E-state index contributed by atoms with van der Waals surface area (Å²) >= 11 is 0. The van der Waals surface area contributed by atoms with E-state index in [1.807, 2.05) is 12.1 Å². The first-order valence-corrected chi connectivity index (χ1v) is 9.20. The highest BCUT2D eigenvalue weighted by atomic mass is 16.5. The Morgan fingerprint density at radius 3 is 2.05 bits per heavy atom. The maximum Gasteiger partial charge on any atom is 0.122 e. The predicted molar refractivity (Wildman–Crippen MR) is 94.6 cm³/mol.